The number of hydrogen-bond donors (Lipinski definition) is 1. The topological polar surface area (TPSA) is 77.7 Å². The molecule has 11 rings (SSSR count). The van der Waals surface area contributed by atoms with Crippen LogP contribution >= 0.6 is 0 Å². The fourth-order valence-corrected chi connectivity index (χ4v) is 7.98. The Hall–Kier alpha value is -6.76. The molecule has 1 N–H and O–H groups in total. The molecule has 0 bridgehead atoms. The highest BCUT2D eigenvalue weighted by atomic mass is 16.3. The molecule has 4 heterocycles. The van der Waals surface area contributed by atoms with E-state index in [-0.39, 0.29) is 12.3 Å². The van der Waals surface area contributed by atoms with Gasteiger partial charge in [-0.15, -0.1) is 0 Å². The van der Waals surface area contributed by atoms with E-state index in [1.165, 1.54) is 10.8 Å². The van der Waals surface area contributed by atoms with E-state index >= 15 is 0 Å². The van der Waals surface area contributed by atoms with Crippen molar-refractivity contribution in [3.05, 3.63) is 180 Å². The second-order valence-electron chi connectivity index (χ2n) is 13.3. The van der Waals surface area contributed by atoms with Gasteiger partial charge in [0.25, 0.3) is 0 Å². The van der Waals surface area contributed by atoms with Gasteiger partial charge in [0.2, 0.25) is 5.71 Å². The van der Waals surface area contributed by atoms with Crippen LogP contribution in [0.5, 0.6) is 0 Å². The number of nitrogens with zero attached hydrogens (tertiary/aromatic N) is 3. The van der Waals surface area contributed by atoms with Gasteiger partial charge in [0, 0.05) is 34.7 Å². The number of fused-ring (bicyclic) bond motifs is 8. The first-order valence-corrected chi connectivity index (χ1v) is 17.5. The zero-order valence-electron chi connectivity index (χ0n) is 27.8. The quantitative estimate of drug-likeness (QED) is 0.202. The van der Waals surface area contributed by atoms with Gasteiger partial charge in [-0.25, -0.2) is 4.98 Å². The third kappa shape index (κ3) is 4.48. The summed E-state index contributed by atoms with van der Waals surface area (Å²) in [5, 5.41) is 17.9. The monoisotopic (exact) mass is 669 g/mol. The minimum Gasteiger partial charge on any atom is -0.456 e. The van der Waals surface area contributed by atoms with Gasteiger partial charge < -0.3 is 24.5 Å². The molecule has 6 nitrogen and oxygen atoms in total. The fourth-order valence-electron chi connectivity index (χ4n) is 7.98. The van der Waals surface area contributed by atoms with E-state index in [4.69, 9.17) is 19.1 Å². The molecule has 0 fully saturated rings. The van der Waals surface area contributed by atoms with Gasteiger partial charge in [0.05, 0.1) is 5.39 Å². The van der Waals surface area contributed by atoms with Crippen molar-refractivity contribution < 1.29 is 8.83 Å². The van der Waals surface area contributed by atoms with E-state index in [1.807, 2.05) is 54.7 Å². The summed E-state index contributed by atoms with van der Waals surface area (Å²) in [6, 6.07) is 52.6. The van der Waals surface area contributed by atoms with Crippen LogP contribution in [0.1, 0.15) is 29.0 Å². The lowest BCUT2D eigenvalue weighted by Crippen LogP contribution is -2.32. The number of aliphatic imine (C=N–C) groups is 1. The molecule has 0 saturated carbocycles. The summed E-state index contributed by atoms with van der Waals surface area (Å²) < 4.78 is 12.5. The average Bonchev–Trinajstić information content (AvgIpc) is 3.79. The van der Waals surface area contributed by atoms with Crippen molar-refractivity contribution in [3.8, 4) is 11.1 Å². The van der Waals surface area contributed by atoms with Crippen molar-refractivity contribution in [3.63, 3.8) is 0 Å². The van der Waals surface area contributed by atoms with Gasteiger partial charge >= 0.3 is 0 Å². The Labute approximate surface area is 298 Å². The van der Waals surface area contributed by atoms with Gasteiger partial charge in [0.15, 0.2) is 0 Å². The molecule has 52 heavy (non-hydrogen) atoms. The molecule has 0 spiro atoms. The maximum atomic E-state index is 6.30. The molecule has 0 radical (unpaired) electrons. The number of benzene rings is 7. The van der Waals surface area contributed by atoms with Crippen LogP contribution in [0.2, 0.25) is 0 Å². The number of rotatable bonds is 4. The van der Waals surface area contributed by atoms with Gasteiger partial charge in [-0.3, -0.25) is 0 Å². The lowest BCUT2D eigenvalue weighted by molar-refractivity contribution is 0.491. The molecule has 2 unspecified atom stereocenters. The van der Waals surface area contributed by atoms with E-state index in [1.54, 1.807) is 0 Å². The second kappa shape index (κ2) is 11.4. The number of aromatic nitrogens is 1. The van der Waals surface area contributed by atoms with Gasteiger partial charge in [0.1, 0.15) is 16.7 Å². The lowest BCUT2D eigenvalue weighted by Gasteiger charge is -2.41. The SMILES string of the molecule is c1ccc2cc(C3[N-]C(c4cccc5oc6ccccc6c45)=NC(c4ccc(-c5ccnc6oc7ccccc7c56)c5ccccc45)N3)ccc2c1. The van der Waals surface area contributed by atoms with E-state index < -0.39 is 0 Å². The second-order valence-corrected chi connectivity index (χ2v) is 13.3. The highest BCUT2D eigenvalue weighted by molar-refractivity contribution is 6.22. The molecule has 1 aliphatic rings. The number of hydrogen-bond acceptors (Lipinski definition) is 5. The highest BCUT2D eigenvalue weighted by Gasteiger charge is 2.23. The van der Waals surface area contributed by atoms with Gasteiger partial charge in [-0.1, -0.05) is 127 Å². The third-order valence-corrected chi connectivity index (χ3v) is 10.4. The minimum atomic E-state index is -0.386. The molecule has 7 aromatic carbocycles. The van der Waals surface area contributed by atoms with E-state index in [0.29, 0.717) is 11.5 Å². The van der Waals surface area contributed by atoms with Crippen molar-refractivity contribution in [2.75, 3.05) is 0 Å². The first kappa shape index (κ1) is 29.0. The number of amidine groups is 1. The first-order valence-electron chi connectivity index (χ1n) is 17.5. The zero-order valence-corrected chi connectivity index (χ0v) is 27.8. The Bertz CT molecular complexity index is 3060. The van der Waals surface area contributed by atoms with Crippen molar-refractivity contribution >= 4 is 71.4 Å². The van der Waals surface area contributed by atoms with Crippen molar-refractivity contribution in [2.45, 2.75) is 12.3 Å². The summed E-state index contributed by atoms with van der Waals surface area (Å²) in [7, 11) is 0. The van der Waals surface area contributed by atoms with Crippen LogP contribution in [0.3, 0.4) is 0 Å². The third-order valence-electron chi connectivity index (χ3n) is 10.4. The summed E-state index contributed by atoms with van der Waals surface area (Å²) >= 11 is 0. The molecule has 246 valence electrons. The smallest absolute Gasteiger partial charge is 0.227 e. The van der Waals surface area contributed by atoms with Crippen LogP contribution in [0.4, 0.5) is 0 Å². The molecular formula is C46H29N4O2-. The summed E-state index contributed by atoms with van der Waals surface area (Å²) in [6.07, 6.45) is 1.10. The van der Waals surface area contributed by atoms with E-state index in [0.717, 1.165) is 76.9 Å². The lowest BCUT2D eigenvalue weighted by atomic mass is 9.92. The van der Waals surface area contributed by atoms with Crippen LogP contribution in [0, 0.1) is 0 Å². The predicted octanol–water partition coefficient (Wildman–Crippen LogP) is 12.0. The van der Waals surface area contributed by atoms with Crippen molar-refractivity contribution in [1.82, 2.24) is 10.3 Å². The normalized spacial score (nSPS) is 16.3. The largest absolute Gasteiger partial charge is 0.456 e. The average molecular weight is 670 g/mol. The molecule has 2 atom stereocenters. The Morgan fingerprint density at radius 2 is 1.23 bits per heavy atom. The van der Waals surface area contributed by atoms with Crippen LogP contribution in [0.25, 0.3) is 82.0 Å². The van der Waals surface area contributed by atoms with Crippen LogP contribution in [0.15, 0.2) is 172 Å². The summed E-state index contributed by atoms with van der Waals surface area (Å²) in [4.78, 5) is 10.00. The Kier molecular flexibility index (Phi) is 6.35. The molecule has 6 heteroatoms. The molecule has 0 aliphatic carbocycles. The van der Waals surface area contributed by atoms with Crippen LogP contribution in [-0.4, -0.2) is 10.8 Å². The fraction of sp³-hybridized carbons (Fsp3) is 0.0435. The van der Waals surface area contributed by atoms with Gasteiger partial charge in [-0.2, -0.15) is 0 Å². The number of para-hydroxylation sites is 2. The number of furan rings is 2. The van der Waals surface area contributed by atoms with E-state index in [9.17, 15) is 0 Å². The molecule has 10 aromatic rings. The molecule has 3 aromatic heterocycles. The van der Waals surface area contributed by atoms with Crippen LogP contribution in [-0.2, 0) is 0 Å². The van der Waals surface area contributed by atoms with Crippen LogP contribution < -0.4 is 5.32 Å². The molecule has 0 amide bonds. The summed E-state index contributed by atoms with van der Waals surface area (Å²) in [5.41, 5.74) is 8.43. The van der Waals surface area contributed by atoms with E-state index in [2.05, 4.69) is 113 Å². The van der Waals surface area contributed by atoms with Crippen molar-refractivity contribution in [2.24, 2.45) is 4.99 Å². The van der Waals surface area contributed by atoms with Crippen molar-refractivity contribution in [1.29, 1.82) is 0 Å². The highest BCUT2D eigenvalue weighted by Crippen LogP contribution is 2.43. The molecule has 0 saturated heterocycles. The Balaban J connectivity index is 1.11. The summed E-state index contributed by atoms with van der Waals surface area (Å²) in [6.45, 7) is 0. The summed E-state index contributed by atoms with van der Waals surface area (Å²) in [5.74, 6) is 0.688. The molecular weight excluding hydrogens is 641 g/mol. The Morgan fingerprint density at radius 3 is 2.10 bits per heavy atom. The van der Waals surface area contributed by atoms with Gasteiger partial charge in [-0.05, 0) is 79.7 Å². The zero-order chi connectivity index (χ0) is 34.2. The number of nitrogens with one attached hydrogen (secondary N) is 1. The number of pyridine rings is 1. The standard InChI is InChI=1S/C46H29N4O2/c1-2-11-28-26-29(21-20-27(28)10-1)43-48-44(50-45(49-43)37-16-9-19-40-41(37)35-14-5-7-17-38(35)51-40)34-23-22-32(30-12-3-4-13-31(30)34)33-24-25-47-46-42(33)36-15-6-8-18-39(36)52-46/h1-26,43-44,48H/q-1. The maximum absolute atomic E-state index is 6.30. The Morgan fingerprint density at radius 1 is 0.519 bits per heavy atom. The predicted molar refractivity (Wildman–Crippen MR) is 211 cm³/mol. The molecule has 1 aliphatic heterocycles. The maximum Gasteiger partial charge on any atom is 0.227 e. The minimum absolute atomic E-state index is 0.342. The first-order chi connectivity index (χ1) is 25.8.